The van der Waals surface area contributed by atoms with E-state index in [1.807, 2.05) is 36.4 Å². The fourth-order valence-electron chi connectivity index (χ4n) is 7.84. The number of nitrogens with two attached hydrogens (primary N) is 1. The molecule has 1 fully saturated rings. The molecule has 0 unspecified atom stereocenters. The number of fused-ring (bicyclic) bond motifs is 4. The van der Waals surface area contributed by atoms with Crippen LogP contribution in [0.3, 0.4) is 0 Å². The van der Waals surface area contributed by atoms with Gasteiger partial charge in [0.25, 0.3) is 0 Å². The molecule has 2 bridgehead atoms. The van der Waals surface area contributed by atoms with Crippen molar-refractivity contribution in [2.75, 3.05) is 12.3 Å². The standard InChI is InChI=1S/C38H46N3O4/c1-2-38-15-3-5-26(12-17-38)37(44)36-25(11-16-38)7-8-27(22-33(36)43)28-9-10-32(42)34(23-28)45-20-14-30(21-31-6-4-18-40-31)29-13-19-41-35(39)24-29/h4,6-10,13,18-19,23-27,30,33,36-37,42-44H,2-3,5,12,14-15,17,20-22H2,1H3,(H2,39,41)/q-1/t25-,26-,27-,30+,33+,36-,37-,38-/m0/s1. The molecule has 2 aromatic heterocycles. The second-order valence-electron chi connectivity index (χ2n) is 13.4. The van der Waals surface area contributed by atoms with Crippen molar-refractivity contribution in [2.45, 2.75) is 88.8 Å². The molecule has 7 nitrogen and oxygen atoms in total. The summed E-state index contributed by atoms with van der Waals surface area (Å²) in [4.78, 5) is 8.59. The van der Waals surface area contributed by atoms with E-state index in [0.717, 1.165) is 61.8 Å². The molecule has 1 aromatic carbocycles. The predicted molar refractivity (Wildman–Crippen MR) is 176 cm³/mol. The Kier molecular flexibility index (Phi) is 9.53. The zero-order chi connectivity index (χ0) is 31.4. The fourth-order valence-corrected chi connectivity index (χ4v) is 7.84. The van der Waals surface area contributed by atoms with Gasteiger partial charge in [-0.05, 0) is 98.6 Å². The number of aromatic hydroxyl groups is 1. The molecule has 3 aromatic rings. The summed E-state index contributed by atoms with van der Waals surface area (Å²) in [5.41, 5.74) is 9.03. The van der Waals surface area contributed by atoms with Gasteiger partial charge >= 0.3 is 0 Å². The molecular formula is C38H46N3O4-. The van der Waals surface area contributed by atoms with Gasteiger partial charge in [0.1, 0.15) is 5.82 Å². The molecule has 0 radical (unpaired) electrons. The minimum Gasteiger partial charge on any atom is -0.668 e. The number of nitrogen functional groups attached to an aromatic ring is 1. The van der Waals surface area contributed by atoms with E-state index in [4.69, 9.17) is 10.5 Å². The molecule has 45 heavy (non-hydrogen) atoms. The molecular weight excluding hydrogens is 562 g/mol. The Bertz CT molecular complexity index is 1530. The lowest BCUT2D eigenvalue weighted by atomic mass is 9.76. The van der Waals surface area contributed by atoms with Crippen molar-refractivity contribution < 1.29 is 20.1 Å². The summed E-state index contributed by atoms with van der Waals surface area (Å²) in [7, 11) is 0. The minimum absolute atomic E-state index is 0.0137. The number of benzene rings is 1. The highest BCUT2D eigenvalue weighted by atomic mass is 16.5. The topological polar surface area (TPSA) is 123 Å². The van der Waals surface area contributed by atoms with Crippen LogP contribution in [0.15, 0.2) is 67.0 Å². The van der Waals surface area contributed by atoms with Crippen LogP contribution >= 0.6 is 0 Å². The third-order valence-electron chi connectivity index (χ3n) is 10.7. The molecule has 0 aliphatic heterocycles. The van der Waals surface area contributed by atoms with Gasteiger partial charge in [0.2, 0.25) is 0 Å². The second kappa shape index (κ2) is 13.7. The normalized spacial score (nSPS) is 30.0. The van der Waals surface area contributed by atoms with Crippen molar-refractivity contribution in [2.24, 2.45) is 23.2 Å². The van der Waals surface area contributed by atoms with Crippen molar-refractivity contribution in [3.8, 4) is 23.3 Å². The number of hydrogen-bond donors (Lipinski definition) is 4. The molecule has 8 atom stereocenters. The summed E-state index contributed by atoms with van der Waals surface area (Å²) in [6.07, 6.45) is 14.6. The number of aliphatic hydroxyl groups excluding tert-OH is 2. The number of phenols is 1. The van der Waals surface area contributed by atoms with E-state index in [2.05, 4.69) is 40.9 Å². The van der Waals surface area contributed by atoms with E-state index >= 15 is 0 Å². The average molecular weight is 609 g/mol. The first-order valence-electron chi connectivity index (χ1n) is 16.6. The lowest BCUT2D eigenvalue weighted by Gasteiger charge is -2.34. The molecule has 0 saturated heterocycles. The smallest absolute Gasteiger partial charge is 0.161 e. The molecule has 0 amide bonds. The average Bonchev–Trinajstić information content (AvgIpc) is 3.40. The quantitative estimate of drug-likeness (QED) is 0.171. The number of allylic oxidation sites excluding steroid dienone is 2. The molecule has 0 spiro atoms. The number of ether oxygens (including phenoxy) is 1. The first-order chi connectivity index (χ1) is 21.8. The summed E-state index contributed by atoms with van der Waals surface area (Å²) in [5.74, 6) is 7.86. The molecule has 3 aliphatic rings. The Hall–Kier alpha value is -3.73. The summed E-state index contributed by atoms with van der Waals surface area (Å²) in [6.45, 7) is 2.62. The van der Waals surface area contributed by atoms with Crippen molar-refractivity contribution in [3.05, 3.63) is 83.8 Å². The van der Waals surface area contributed by atoms with Gasteiger partial charge in [-0.1, -0.05) is 55.5 Å². The number of rotatable bonds is 9. The van der Waals surface area contributed by atoms with E-state index in [1.165, 1.54) is 0 Å². The van der Waals surface area contributed by atoms with Crippen molar-refractivity contribution >= 4 is 5.82 Å². The molecule has 2 heterocycles. The number of aliphatic hydroxyl groups is 2. The molecule has 7 heteroatoms. The van der Waals surface area contributed by atoms with E-state index in [-0.39, 0.29) is 40.8 Å². The lowest BCUT2D eigenvalue weighted by molar-refractivity contribution is -0.0344. The summed E-state index contributed by atoms with van der Waals surface area (Å²) < 4.78 is 6.19. The van der Waals surface area contributed by atoms with Crippen LogP contribution in [0, 0.1) is 35.0 Å². The Morgan fingerprint density at radius 3 is 2.82 bits per heavy atom. The summed E-state index contributed by atoms with van der Waals surface area (Å²) in [5, 5.41) is 33.9. The number of hydrogen-bond acceptors (Lipinski definition) is 6. The number of anilines is 1. The third kappa shape index (κ3) is 7.08. The van der Waals surface area contributed by atoms with Gasteiger partial charge < -0.3 is 30.8 Å². The molecule has 6 rings (SSSR count). The highest BCUT2D eigenvalue weighted by molar-refractivity contribution is 5.44. The predicted octanol–water partition coefficient (Wildman–Crippen LogP) is 6.11. The lowest BCUT2D eigenvalue weighted by Crippen LogP contribution is -2.40. The van der Waals surface area contributed by atoms with Gasteiger partial charge in [-0.2, -0.15) is 11.9 Å². The summed E-state index contributed by atoms with van der Waals surface area (Å²) >= 11 is 0. The summed E-state index contributed by atoms with van der Waals surface area (Å²) in [6, 6.07) is 13.3. The van der Waals surface area contributed by atoms with E-state index in [9.17, 15) is 15.3 Å². The Morgan fingerprint density at radius 2 is 2.02 bits per heavy atom. The van der Waals surface area contributed by atoms with Crippen LogP contribution in [0.5, 0.6) is 11.5 Å². The van der Waals surface area contributed by atoms with Gasteiger partial charge in [-0.25, -0.2) is 4.98 Å². The highest BCUT2D eigenvalue weighted by Gasteiger charge is 2.42. The van der Waals surface area contributed by atoms with Crippen molar-refractivity contribution in [3.63, 3.8) is 0 Å². The van der Waals surface area contributed by atoms with Crippen molar-refractivity contribution in [1.29, 1.82) is 0 Å². The van der Waals surface area contributed by atoms with Crippen LogP contribution in [-0.4, -0.2) is 39.1 Å². The maximum absolute atomic E-state index is 11.6. The van der Waals surface area contributed by atoms with E-state index in [0.29, 0.717) is 31.0 Å². The van der Waals surface area contributed by atoms with Crippen LogP contribution in [0.25, 0.3) is 0 Å². The number of nitrogens with zero attached hydrogens (tertiary/aromatic N) is 2. The zero-order valence-corrected chi connectivity index (χ0v) is 26.2. The fraction of sp³-hybridized carbons (Fsp3) is 0.500. The first-order valence-corrected chi connectivity index (χ1v) is 16.6. The van der Waals surface area contributed by atoms with E-state index in [1.54, 1.807) is 18.5 Å². The number of aromatic nitrogens is 2. The first kappa shape index (κ1) is 31.3. The van der Waals surface area contributed by atoms with Crippen LogP contribution in [-0.2, 0) is 6.42 Å². The van der Waals surface area contributed by atoms with Crippen LogP contribution < -0.4 is 15.5 Å². The maximum Gasteiger partial charge on any atom is 0.161 e. The Labute approximate surface area is 266 Å². The van der Waals surface area contributed by atoms with Crippen LogP contribution in [0.4, 0.5) is 5.82 Å². The highest BCUT2D eigenvalue weighted by Crippen LogP contribution is 2.45. The minimum atomic E-state index is -0.702. The van der Waals surface area contributed by atoms with Gasteiger partial charge in [-0.3, -0.25) is 0 Å². The van der Waals surface area contributed by atoms with Gasteiger partial charge in [0.15, 0.2) is 11.5 Å². The molecule has 3 aliphatic carbocycles. The molecule has 238 valence electrons. The Morgan fingerprint density at radius 1 is 1.13 bits per heavy atom. The van der Waals surface area contributed by atoms with E-state index < -0.39 is 12.2 Å². The number of pyridine rings is 1. The van der Waals surface area contributed by atoms with Gasteiger partial charge in [0.05, 0.1) is 18.8 Å². The third-order valence-corrected chi connectivity index (χ3v) is 10.7. The van der Waals surface area contributed by atoms with Crippen LogP contribution in [0.1, 0.15) is 86.9 Å². The number of phenolic OH excluding ortho intramolecular Hbond substituents is 1. The van der Waals surface area contributed by atoms with Gasteiger partial charge in [-0.15, -0.1) is 0 Å². The monoisotopic (exact) mass is 608 g/mol. The second-order valence-corrected chi connectivity index (χ2v) is 13.4. The van der Waals surface area contributed by atoms with Crippen molar-refractivity contribution in [1.82, 2.24) is 9.97 Å². The SMILES string of the molecule is CC[C@@]12C#C[C@@H]3C=C[C@H](c4ccc(O)c(OCC[C@H](Cc5ccc[n-]5)c5ccnc(N)c5)c4)C[C@@H](O)[C@H]3[C@@H](O)[C@@H](CCC1)CC2. The molecule has 1 saturated carbocycles. The molecule has 5 N–H and O–H groups in total. The van der Waals surface area contributed by atoms with Crippen LogP contribution in [0.2, 0.25) is 0 Å². The zero-order valence-electron chi connectivity index (χ0n) is 26.2. The largest absolute Gasteiger partial charge is 0.668 e. The van der Waals surface area contributed by atoms with Gasteiger partial charge in [0, 0.05) is 29.4 Å². The Balaban J connectivity index is 1.19. The maximum atomic E-state index is 11.6.